The standard InChI is InChI=1S/C15H14N6O2/c22-14(10-9-18-21-8-2-5-16-13(10)21)20-7-1-3-12(20)11-4-6-17-15(23)19-11/h2,4-6,8-9,12H,1,3,7H2,(H,17,19,23)/t12-/m0/s1. The Hall–Kier alpha value is -3.03. The predicted octanol–water partition coefficient (Wildman–Crippen LogP) is 0.790. The van der Waals surface area contributed by atoms with Crippen LogP contribution in [-0.4, -0.2) is 41.9 Å². The zero-order valence-electron chi connectivity index (χ0n) is 12.2. The van der Waals surface area contributed by atoms with Gasteiger partial charge in [0, 0.05) is 30.8 Å². The van der Waals surface area contributed by atoms with Gasteiger partial charge in [0.05, 0.1) is 12.2 Å². The number of carbonyl (C=O) groups excluding carboxylic acids is 1. The van der Waals surface area contributed by atoms with Crippen LogP contribution in [0.3, 0.4) is 0 Å². The predicted molar refractivity (Wildman–Crippen MR) is 80.9 cm³/mol. The van der Waals surface area contributed by atoms with Crippen molar-refractivity contribution in [3.05, 3.63) is 58.7 Å². The number of hydrogen-bond acceptors (Lipinski definition) is 5. The molecule has 4 rings (SSSR count). The van der Waals surface area contributed by atoms with Crippen molar-refractivity contribution in [2.75, 3.05) is 6.54 Å². The fraction of sp³-hybridized carbons (Fsp3) is 0.267. The summed E-state index contributed by atoms with van der Waals surface area (Å²) < 4.78 is 1.58. The molecule has 3 aromatic heterocycles. The first-order chi connectivity index (χ1) is 11.2. The van der Waals surface area contributed by atoms with Crippen LogP contribution in [0.25, 0.3) is 5.65 Å². The van der Waals surface area contributed by atoms with Gasteiger partial charge >= 0.3 is 5.69 Å². The van der Waals surface area contributed by atoms with Gasteiger partial charge in [-0.3, -0.25) is 4.79 Å². The Morgan fingerprint density at radius 1 is 1.30 bits per heavy atom. The molecule has 1 N–H and O–H groups in total. The molecular formula is C15H14N6O2. The molecule has 1 aliphatic rings. The molecule has 0 unspecified atom stereocenters. The summed E-state index contributed by atoms with van der Waals surface area (Å²) in [6.07, 6.45) is 8.07. The largest absolute Gasteiger partial charge is 0.345 e. The number of aromatic amines is 1. The minimum atomic E-state index is -0.403. The molecule has 0 aromatic carbocycles. The lowest BCUT2D eigenvalue weighted by Crippen LogP contribution is -2.32. The third-order valence-corrected chi connectivity index (χ3v) is 4.08. The Kier molecular flexibility index (Phi) is 3.14. The minimum Gasteiger partial charge on any atom is -0.330 e. The molecule has 4 heterocycles. The van der Waals surface area contributed by atoms with Crippen LogP contribution < -0.4 is 5.69 Å². The number of carbonyl (C=O) groups is 1. The quantitative estimate of drug-likeness (QED) is 0.755. The van der Waals surface area contributed by atoms with E-state index in [1.54, 1.807) is 33.9 Å². The number of likely N-dealkylation sites (tertiary alicyclic amines) is 1. The highest BCUT2D eigenvalue weighted by Crippen LogP contribution is 2.31. The Balaban J connectivity index is 1.71. The van der Waals surface area contributed by atoms with Crippen LogP contribution in [0, 0.1) is 0 Å². The topological polar surface area (TPSA) is 96.2 Å². The highest BCUT2D eigenvalue weighted by molar-refractivity contribution is 5.99. The smallest absolute Gasteiger partial charge is 0.330 e. The van der Waals surface area contributed by atoms with E-state index in [1.165, 1.54) is 12.4 Å². The lowest BCUT2D eigenvalue weighted by Gasteiger charge is -2.24. The summed E-state index contributed by atoms with van der Waals surface area (Å²) >= 11 is 0. The summed E-state index contributed by atoms with van der Waals surface area (Å²) in [5, 5.41) is 4.16. The molecule has 1 atom stereocenters. The van der Waals surface area contributed by atoms with Crippen LogP contribution in [-0.2, 0) is 0 Å². The molecule has 1 saturated heterocycles. The molecule has 0 aliphatic carbocycles. The number of nitrogens with zero attached hydrogens (tertiary/aromatic N) is 5. The molecule has 3 aromatic rings. The highest BCUT2D eigenvalue weighted by atomic mass is 16.2. The summed E-state index contributed by atoms with van der Waals surface area (Å²) in [6.45, 7) is 0.637. The molecule has 1 aliphatic heterocycles. The Morgan fingerprint density at radius 2 is 2.22 bits per heavy atom. The van der Waals surface area contributed by atoms with Gasteiger partial charge in [-0.05, 0) is 25.0 Å². The number of nitrogens with one attached hydrogen (secondary N) is 1. The van der Waals surface area contributed by atoms with Crippen molar-refractivity contribution in [3.8, 4) is 0 Å². The van der Waals surface area contributed by atoms with E-state index in [0.29, 0.717) is 23.4 Å². The van der Waals surface area contributed by atoms with E-state index < -0.39 is 5.69 Å². The summed E-state index contributed by atoms with van der Waals surface area (Å²) in [4.78, 5) is 36.7. The van der Waals surface area contributed by atoms with Crippen LogP contribution in [0.5, 0.6) is 0 Å². The fourth-order valence-corrected chi connectivity index (χ4v) is 3.04. The lowest BCUT2D eigenvalue weighted by molar-refractivity contribution is 0.0734. The monoisotopic (exact) mass is 310 g/mol. The molecule has 1 fully saturated rings. The van der Waals surface area contributed by atoms with Crippen LogP contribution >= 0.6 is 0 Å². The van der Waals surface area contributed by atoms with Gasteiger partial charge < -0.3 is 9.88 Å². The van der Waals surface area contributed by atoms with Gasteiger partial charge in [0.1, 0.15) is 5.56 Å². The molecule has 23 heavy (non-hydrogen) atoms. The van der Waals surface area contributed by atoms with Crippen LogP contribution in [0.15, 0.2) is 41.7 Å². The van der Waals surface area contributed by atoms with Gasteiger partial charge in [-0.1, -0.05) is 0 Å². The summed E-state index contributed by atoms with van der Waals surface area (Å²) in [7, 11) is 0. The fourth-order valence-electron chi connectivity index (χ4n) is 3.04. The molecule has 0 saturated carbocycles. The number of aromatic nitrogens is 5. The molecule has 0 radical (unpaired) electrons. The van der Waals surface area contributed by atoms with Gasteiger partial charge in [-0.2, -0.15) is 5.10 Å². The van der Waals surface area contributed by atoms with E-state index in [1.807, 2.05) is 0 Å². The van der Waals surface area contributed by atoms with Crippen LogP contribution in [0.4, 0.5) is 0 Å². The van der Waals surface area contributed by atoms with Crippen LogP contribution in [0.1, 0.15) is 34.9 Å². The Labute approximate surface area is 130 Å². The third kappa shape index (κ3) is 2.28. The molecule has 116 valence electrons. The first kappa shape index (κ1) is 13.6. The molecule has 0 bridgehead atoms. The van der Waals surface area contributed by atoms with Gasteiger partial charge in [0.2, 0.25) is 0 Å². The van der Waals surface area contributed by atoms with Crippen molar-refractivity contribution in [2.45, 2.75) is 18.9 Å². The maximum atomic E-state index is 12.9. The van der Waals surface area contributed by atoms with Gasteiger partial charge in [0.25, 0.3) is 5.91 Å². The number of hydrogen-bond donors (Lipinski definition) is 1. The molecule has 0 spiro atoms. The third-order valence-electron chi connectivity index (χ3n) is 4.08. The van der Waals surface area contributed by atoms with Gasteiger partial charge in [-0.25, -0.2) is 19.3 Å². The zero-order valence-corrected chi connectivity index (χ0v) is 12.2. The second kappa shape index (κ2) is 5.31. The van der Waals surface area contributed by atoms with Crippen molar-refractivity contribution >= 4 is 11.6 Å². The minimum absolute atomic E-state index is 0.126. The molecular weight excluding hydrogens is 296 g/mol. The first-order valence-electron chi connectivity index (χ1n) is 7.38. The van der Waals surface area contributed by atoms with Gasteiger partial charge in [-0.15, -0.1) is 0 Å². The van der Waals surface area contributed by atoms with E-state index >= 15 is 0 Å². The van der Waals surface area contributed by atoms with E-state index in [4.69, 9.17) is 0 Å². The number of rotatable bonds is 2. The molecule has 1 amide bonds. The average Bonchev–Trinajstić information content (AvgIpc) is 3.21. The molecule has 8 heteroatoms. The summed E-state index contributed by atoms with van der Waals surface area (Å²) in [6, 6.07) is 3.34. The van der Waals surface area contributed by atoms with Crippen molar-refractivity contribution in [3.63, 3.8) is 0 Å². The Morgan fingerprint density at radius 3 is 3.09 bits per heavy atom. The SMILES string of the molecule is O=C(c1cnn2cccnc12)N1CCC[C@H]1c1ccnc(=O)[nH]1. The van der Waals surface area contributed by atoms with Crippen molar-refractivity contribution < 1.29 is 4.79 Å². The van der Waals surface area contributed by atoms with Gasteiger partial charge in [0.15, 0.2) is 5.65 Å². The average molecular weight is 310 g/mol. The second-order valence-corrected chi connectivity index (χ2v) is 5.43. The van der Waals surface area contributed by atoms with Crippen molar-refractivity contribution in [2.24, 2.45) is 0 Å². The van der Waals surface area contributed by atoms with E-state index in [9.17, 15) is 9.59 Å². The van der Waals surface area contributed by atoms with E-state index in [-0.39, 0.29) is 11.9 Å². The van der Waals surface area contributed by atoms with Crippen molar-refractivity contribution in [1.82, 2.24) is 29.5 Å². The second-order valence-electron chi connectivity index (χ2n) is 5.43. The first-order valence-corrected chi connectivity index (χ1v) is 7.38. The maximum absolute atomic E-state index is 12.9. The van der Waals surface area contributed by atoms with E-state index in [2.05, 4.69) is 20.1 Å². The molecule has 8 nitrogen and oxygen atoms in total. The maximum Gasteiger partial charge on any atom is 0.345 e. The highest BCUT2D eigenvalue weighted by Gasteiger charge is 2.32. The summed E-state index contributed by atoms with van der Waals surface area (Å²) in [5.74, 6) is -0.126. The number of fused-ring (bicyclic) bond motifs is 1. The summed E-state index contributed by atoms with van der Waals surface area (Å²) in [5.41, 5.74) is 1.31. The van der Waals surface area contributed by atoms with E-state index in [0.717, 1.165) is 12.8 Å². The number of H-pyrrole nitrogens is 1. The van der Waals surface area contributed by atoms with Crippen LogP contribution in [0.2, 0.25) is 0 Å². The normalized spacial score (nSPS) is 17.7. The zero-order chi connectivity index (χ0) is 15.8. The Bertz CT molecular complexity index is 931. The number of amides is 1. The lowest BCUT2D eigenvalue weighted by atomic mass is 10.1. The van der Waals surface area contributed by atoms with Crippen molar-refractivity contribution in [1.29, 1.82) is 0 Å².